The summed E-state index contributed by atoms with van der Waals surface area (Å²) in [6, 6.07) is -0.196. The summed E-state index contributed by atoms with van der Waals surface area (Å²) in [6.07, 6.45) is 0.682. The molecule has 20 heavy (non-hydrogen) atoms. The molecule has 0 spiro atoms. The normalized spacial score (nSPS) is 24.4. The Morgan fingerprint density at radius 3 is 2.45 bits per heavy atom. The number of cyclic esters (lactones) is 1. The molecule has 1 rings (SSSR count). The third-order valence-electron chi connectivity index (χ3n) is 3.13. The van der Waals surface area contributed by atoms with Crippen LogP contribution in [0.25, 0.3) is 0 Å². The van der Waals surface area contributed by atoms with Gasteiger partial charge in [-0.25, -0.2) is 4.79 Å². The van der Waals surface area contributed by atoms with Crippen LogP contribution in [0, 0.1) is 11.8 Å². The van der Waals surface area contributed by atoms with E-state index < -0.39 is 11.7 Å². The van der Waals surface area contributed by atoms with Gasteiger partial charge in [0.1, 0.15) is 11.7 Å². The highest BCUT2D eigenvalue weighted by Crippen LogP contribution is 2.26. The molecular formula is C15H27NO4. The van der Waals surface area contributed by atoms with E-state index in [1.807, 2.05) is 27.7 Å². The van der Waals surface area contributed by atoms with Gasteiger partial charge in [0.2, 0.25) is 0 Å². The average molecular weight is 285 g/mol. The number of carbonyl (C=O) groups is 2. The molecule has 0 aromatic carbocycles. The van der Waals surface area contributed by atoms with Gasteiger partial charge in [-0.1, -0.05) is 20.8 Å². The highest BCUT2D eigenvalue weighted by molar-refractivity contribution is 5.74. The highest BCUT2D eigenvalue weighted by atomic mass is 16.6. The highest BCUT2D eigenvalue weighted by Gasteiger charge is 2.37. The first-order valence-electron chi connectivity index (χ1n) is 7.28. The van der Waals surface area contributed by atoms with Crippen molar-refractivity contribution in [2.24, 2.45) is 11.8 Å². The first-order chi connectivity index (χ1) is 9.08. The second-order valence-electron chi connectivity index (χ2n) is 6.99. The predicted molar refractivity (Wildman–Crippen MR) is 76.3 cm³/mol. The molecule has 0 bridgehead atoms. The molecule has 1 N–H and O–H groups in total. The largest absolute Gasteiger partial charge is 0.460 e. The van der Waals surface area contributed by atoms with Gasteiger partial charge in [0.05, 0.1) is 12.0 Å². The fraction of sp³-hybridized carbons (Fsp3) is 0.867. The summed E-state index contributed by atoms with van der Waals surface area (Å²) in [4.78, 5) is 23.4. The van der Waals surface area contributed by atoms with E-state index in [0.717, 1.165) is 6.42 Å². The summed E-state index contributed by atoms with van der Waals surface area (Å²) < 4.78 is 10.6. The van der Waals surface area contributed by atoms with Gasteiger partial charge in [0, 0.05) is 0 Å². The fourth-order valence-electron chi connectivity index (χ4n) is 2.27. The zero-order valence-corrected chi connectivity index (χ0v) is 13.4. The number of ether oxygens (including phenoxy) is 2. The lowest BCUT2D eigenvalue weighted by Gasteiger charge is -2.27. The van der Waals surface area contributed by atoms with Crippen molar-refractivity contribution in [2.45, 2.75) is 72.1 Å². The van der Waals surface area contributed by atoms with Gasteiger partial charge < -0.3 is 14.8 Å². The van der Waals surface area contributed by atoms with Crippen LogP contribution >= 0.6 is 0 Å². The fourth-order valence-corrected chi connectivity index (χ4v) is 2.27. The van der Waals surface area contributed by atoms with E-state index in [1.165, 1.54) is 0 Å². The third kappa shape index (κ3) is 5.39. The van der Waals surface area contributed by atoms with E-state index in [4.69, 9.17) is 9.47 Å². The maximum Gasteiger partial charge on any atom is 0.408 e. The summed E-state index contributed by atoms with van der Waals surface area (Å²) in [5.41, 5.74) is -0.536. The smallest absolute Gasteiger partial charge is 0.408 e. The summed E-state index contributed by atoms with van der Waals surface area (Å²) in [5.74, 6) is 0.106. The Kier molecular flexibility index (Phi) is 5.42. The van der Waals surface area contributed by atoms with Crippen molar-refractivity contribution >= 4 is 12.1 Å². The predicted octanol–water partition coefficient (Wildman–Crippen LogP) is 2.88. The van der Waals surface area contributed by atoms with Crippen molar-refractivity contribution in [3.63, 3.8) is 0 Å². The zero-order chi connectivity index (χ0) is 15.5. The molecule has 0 aromatic heterocycles. The standard InChI is InChI=1S/C15H27NO4/c1-9(2)7-11(12-8-10(3)13(17)19-12)16-14(18)20-15(4,5)6/h9-12H,7-8H2,1-6H3,(H,16,18)/t10-,11-,12-/m0/s1. The molecule has 116 valence electrons. The number of esters is 1. The van der Waals surface area contributed by atoms with E-state index in [0.29, 0.717) is 12.3 Å². The summed E-state index contributed by atoms with van der Waals surface area (Å²) >= 11 is 0. The topological polar surface area (TPSA) is 64.6 Å². The van der Waals surface area contributed by atoms with Crippen molar-refractivity contribution < 1.29 is 19.1 Å². The van der Waals surface area contributed by atoms with Crippen molar-refractivity contribution in [1.29, 1.82) is 0 Å². The minimum absolute atomic E-state index is 0.102. The van der Waals surface area contributed by atoms with Gasteiger partial charge in [-0.15, -0.1) is 0 Å². The lowest BCUT2D eigenvalue weighted by Crippen LogP contribution is -2.46. The monoisotopic (exact) mass is 285 g/mol. The molecule has 0 aliphatic carbocycles. The maximum absolute atomic E-state index is 11.9. The lowest BCUT2D eigenvalue weighted by molar-refractivity contribution is -0.145. The van der Waals surface area contributed by atoms with E-state index in [9.17, 15) is 9.59 Å². The Morgan fingerprint density at radius 2 is 2.05 bits per heavy atom. The van der Waals surface area contributed by atoms with Crippen molar-refractivity contribution in [3.8, 4) is 0 Å². The van der Waals surface area contributed by atoms with Gasteiger partial charge in [0.25, 0.3) is 0 Å². The number of carbonyl (C=O) groups excluding carboxylic acids is 2. The Labute approximate surface area is 121 Å². The number of amides is 1. The Morgan fingerprint density at radius 1 is 1.45 bits per heavy atom. The zero-order valence-electron chi connectivity index (χ0n) is 13.4. The van der Waals surface area contributed by atoms with Crippen LogP contribution in [0.3, 0.4) is 0 Å². The van der Waals surface area contributed by atoms with E-state index in [1.54, 1.807) is 0 Å². The molecule has 5 nitrogen and oxygen atoms in total. The molecule has 5 heteroatoms. The number of hydrogen-bond donors (Lipinski definition) is 1. The van der Waals surface area contributed by atoms with Crippen LogP contribution in [0.5, 0.6) is 0 Å². The SMILES string of the molecule is CC(C)C[C@H](NC(=O)OC(C)(C)C)[C@@H]1C[C@H](C)C(=O)O1. The molecule has 0 unspecified atom stereocenters. The van der Waals surface area contributed by atoms with Gasteiger partial charge in [0.15, 0.2) is 0 Å². The van der Waals surface area contributed by atoms with Crippen LogP contribution in [0.4, 0.5) is 4.79 Å². The minimum Gasteiger partial charge on any atom is -0.460 e. The van der Waals surface area contributed by atoms with E-state index in [2.05, 4.69) is 19.2 Å². The minimum atomic E-state index is -0.536. The molecule has 1 aliphatic rings. The molecule has 1 amide bonds. The van der Waals surface area contributed by atoms with Crippen LogP contribution < -0.4 is 5.32 Å². The molecule has 0 aromatic rings. The first kappa shape index (κ1) is 16.8. The van der Waals surface area contributed by atoms with Crippen molar-refractivity contribution in [3.05, 3.63) is 0 Å². The number of hydrogen-bond acceptors (Lipinski definition) is 4. The van der Waals surface area contributed by atoms with Gasteiger partial charge in [-0.05, 0) is 39.5 Å². The van der Waals surface area contributed by atoms with Gasteiger partial charge in [-0.2, -0.15) is 0 Å². The summed E-state index contributed by atoms with van der Waals surface area (Å²) in [6.45, 7) is 11.5. The van der Waals surface area contributed by atoms with E-state index >= 15 is 0 Å². The number of alkyl carbamates (subject to hydrolysis) is 1. The molecule has 0 saturated carbocycles. The summed E-state index contributed by atoms with van der Waals surface area (Å²) in [7, 11) is 0. The second kappa shape index (κ2) is 6.46. The molecule has 1 fully saturated rings. The van der Waals surface area contributed by atoms with E-state index in [-0.39, 0.29) is 24.0 Å². The third-order valence-corrected chi connectivity index (χ3v) is 3.13. The maximum atomic E-state index is 11.9. The number of nitrogens with one attached hydrogen (secondary N) is 1. The Hall–Kier alpha value is -1.26. The van der Waals surface area contributed by atoms with Crippen LogP contribution in [0.15, 0.2) is 0 Å². The number of rotatable bonds is 4. The van der Waals surface area contributed by atoms with Crippen molar-refractivity contribution in [2.75, 3.05) is 0 Å². The lowest BCUT2D eigenvalue weighted by atomic mass is 9.95. The van der Waals surface area contributed by atoms with Crippen LogP contribution in [-0.2, 0) is 14.3 Å². The van der Waals surface area contributed by atoms with Crippen LogP contribution in [0.1, 0.15) is 54.4 Å². The molecule has 1 heterocycles. The van der Waals surface area contributed by atoms with Crippen LogP contribution in [-0.4, -0.2) is 29.8 Å². The Balaban J connectivity index is 2.65. The molecule has 0 radical (unpaired) electrons. The van der Waals surface area contributed by atoms with Gasteiger partial charge >= 0.3 is 12.1 Å². The van der Waals surface area contributed by atoms with Gasteiger partial charge in [-0.3, -0.25) is 4.79 Å². The molecule has 1 aliphatic heterocycles. The molecular weight excluding hydrogens is 258 g/mol. The summed E-state index contributed by atoms with van der Waals surface area (Å²) in [5, 5.41) is 2.85. The first-order valence-corrected chi connectivity index (χ1v) is 7.28. The van der Waals surface area contributed by atoms with Crippen molar-refractivity contribution in [1.82, 2.24) is 5.32 Å². The van der Waals surface area contributed by atoms with Crippen LogP contribution in [0.2, 0.25) is 0 Å². The average Bonchev–Trinajstić information content (AvgIpc) is 2.54. The molecule has 1 saturated heterocycles. The quantitative estimate of drug-likeness (QED) is 0.807. The molecule has 3 atom stereocenters. The second-order valence-corrected chi connectivity index (χ2v) is 6.99. The Bertz CT molecular complexity index is 359.